The average Bonchev–Trinajstić information content (AvgIpc) is 2.65. The lowest BCUT2D eigenvalue weighted by Gasteiger charge is -2.08. The van der Waals surface area contributed by atoms with Crippen molar-refractivity contribution in [1.29, 1.82) is 0 Å². The summed E-state index contributed by atoms with van der Waals surface area (Å²) in [5.41, 5.74) is 1.44. The van der Waals surface area contributed by atoms with Crippen LogP contribution in [0.4, 0.5) is 11.4 Å². The van der Waals surface area contributed by atoms with E-state index < -0.39 is 16.8 Å². The molecule has 1 amide bonds. The topological polar surface area (TPSA) is 98.5 Å². The molecule has 0 radical (unpaired) electrons. The Bertz CT molecular complexity index is 831. The Kier molecular flexibility index (Phi) is 7.05. The normalized spacial score (nSPS) is 10.3. The molecule has 0 aromatic heterocycles. The largest absolute Gasteiger partial charge is 0.462 e. The van der Waals surface area contributed by atoms with Crippen LogP contribution >= 0.6 is 0 Å². The number of anilines is 1. The van der Waals surface area contributed by atoms with Crippen molar-refractivity contribution in [3.05, 3.63) is 69.3 Å². The number of benzene rings is 2. The fraction of sp³-hybridized carbons (Fsp3) is 0.300. The zero-order chi connectivity index (χ0) is 19.8. The summed E-state index contributed by atoms with van der Waals surface area (Å²) in [6, 6.07) is 10.6. The van der Waals surface area contributed by atoms with Gasteiger partial charge in [0.2, 0.25) is 0 Å². The number of nitro groups is 1. The van der Waals surface area contributed by atoms with Crippen LogP contribution in [0.25, 0.3) is 0 Å². The van der Waals surface area contributed by atoms with Crippen LogP contribution in [0.1, 0.15) is 52.5 Å². The second-order valence-electron chi connectivity index (χ2n) is 6.13. The third-order valence-electron chi connectivity index (χ3n) is 4.03. The van der Waals surface area contributed by atoms with Crippen molar-refractivity contribution >= 4 is 23.3 Å². The van der Waals surface area contributed by atoms with E-state index in [4.69, 9.17) is 4.74 Å². The molecular formula is C20H22N2O5. The molecule has 0 saturated carbocycles. The first-order valence-electron chi connectivity index (χ1n) is 8.76. The number of nitrogens with zero attached hydrogens (tertiary/aromatic N) is 1. The summed E-state index contributed by atoms with van der Waals surface area (Å²) >= 11 is 0. The lowest BCUT2D eigenvalue weighted by atomic mass is 10.1. The van der Waals surface area contributed by atoms with Gasteiger partial charge in [0.05, 0.1) is 17.1 Å². The average molecular weight is 370 g/mol. The number of nitro benzene ring substituents is 1. The zero-order valence-corrected chi connectivity index (χ0v) is 15.4. The molecule has 2 aromatic carbocycles. The van der Waals surface area contributed by atoms with Crippen molar-refractivity contribution in [3.8, 4) is 0 Å². The summed E-state index contributed by atoms with van der Waals surface area (Å²) in [5.74, 6) is -0.869. The number of carbonyl (C=O) groups excluding carboxylic acids is 2. The quantitative estimate of drug-likeness (QED) is 0.319. The van der Waals surface area contributed by atoms with E-state index in [1.807, 2.05) is 0 Å². The molecule has 7 nitrogen and oxygen atoms in total. The maximum Gasteiger partial charge on any atom is 0.338 e. The number of unbranched alkanes of at least 4 members (excludes halogenated alkanes) is 2. The van der Waals surface area contributed by atoms with Gasteiger partial charge in [-0.05, 0) is 43.7 Å². The summed E-state index contributed by atoms with van der Waals surface area (Å²) in [4.78, 5) is 34.7. The van der Waals surface area contributed by atoms with E-state index in [9.17, 15) is 19.7 Å². The molecule has 0 unspecified atom stereocenters. The minimum Gasteiger partial charge on any atom is -0.462 e. The van der Waals surface area contributed by atoms with Crippen molar-refractivity contribution in [1.82, 2.24) is 0 Å². The Balaban J connectivity index is 2.00. The lowest BCUT2D eigenvalue weighted by Crippen LogP contribution is -2.13. The summed E-state index contributed by atoms with van der Waals surface area (Å²) in [6.45, 7) is 4.07. The van der Waals surface area contributed by atoms with Crippen molar-refractivity contribution < 1.29 is 19.2 Å². The fourth-order valence-electron chi connectivity index (χ4n) is 2.44. The molecule has 0 aliphatic rings. The highest BCUT2D eigenvalue weighted by Crippen LogP contribution is 2.20. The number of aryl methyl sites for hydroxylation is 1. The minimum atomic E-state index is -0.521. The zero-order valence-electron chi connectivity index (χ0n) is 15.4. The molecule has 2 rings (SSSR count). The van der Waals surface area contributed by atoms with Gasteiger partial charge in [0.1, 0.15) is 0 Å². The van der Waals surface area contributed by atoms with Gasteiger partial charge >= 0.3 is 5.97 Å². The number of hydrogen-bond acceptors (Lipinski definition) is 5. The van der Waals surface area contributed by atoms with E-state index in [2.05, 4.69) is 12.2 Å². The molecule has 0 fully saturated rings. The predicted octanol–water partition coefficient (Wildman–Crippen LogP) is 4.50. The number of esters is 1. The molecule has 0 aliphatic carbocycles. The van der Waals surface area contributed by atoms with Crippen LogP contribution in [-0.2, 0) is 4.74 Å². The van der Waals surface area contributed by atoms with Crippen LogP contribution < -0.4 is 5.32 Å². The minimum absolute atomic E-state index is 0.108. The molecule has 0 aliphatic heterocycles. The molecular weight excluding hydrogens is 348 g/mol. The summed E-state index contributed by atoms with van der Waals surface area (Å²) < 4.78 is 5.18. The van der Waals surface area contributed by atoms with E-state index >= 15 is 0 Å². The molecule has 0 bridgehead atoms. The lowest BCUT2D eigenvalue weighted by molar-refractivity contribution is -0.385. The first-order chi connectivity index (χ1) is 12.9. The number of ether oxygens (including phenoxy) is 1. The molecule has 142 valence electrons. The monoisotopic (exact) mass is 370 g/mol. The molecule has 0 heterocycles. The van der Waals surface area contributed by atoms with E-state index in [1.54, 1.807) is 31.2 Å². The van der Waals surface area contributed by atoms with Crippen LogP contribution in [0.15, 0.2) is 42.5 Å². The van der Waals surface area contributed by atoms with Gasteiger partial charge in [0, 0.05) is 22.9 Å². The van der Waals surface area contributed by atoms with Crippen LogP contribution in [0.3, 0.4) is 0 Å². The number of hydrogen-bond donors (Lipinski definition) is 1. The van der Waals surface area contributed by atoms with Gasteiger partial charge in [-0.1, -0.05) is 25.8 Å². The van der Waals surface area contributed by atoms with Gasteiger partial charge in [0.25, 0.3) is 11.6 Å². The van der Waals surface area contributed by atoms with Gasteiger partial charge in [-0.25, -0.2) is 4.79 Å². The van der Waals surface area contributed by atoms with E-state index in [0.717, 1.165) is 19.3 Å². The maximum atomic E-state index is 12.3. The molecule has 7 heteroatoms. The first kappa shape index (κ1) is 20.1. The summed E-state index contributed by atoms with van der Waals surface area (Å²) in [6.07, 6.45) is 2.89. The molecule has 27 heavy (non-hydrogen) atoms. The first-order valence-corrected chi connectivity index (χ1v) is 8.76. The van der Waals surface area contributed by atoms with E-state index in [0.29, 0.717) is 23.4 Å². The van der Waals surface area contributed by atoms with Crippen LogP contribution in [0.5, 0.6) is 0 Å². The number of nitrogens with one attached hydrogen (secondary N) is 1. The maximum absolute atomic E-state index is 12.3. The van der Waals surface area contributed by atoms with Crippen molar-refractivity contribution in [2.75, 3.05) is 11.9 Å². The summed E-state index contributed by atoms with van der Waals surface area (Å²) in [5, 5.41) is 13.7. The Hall–Kier alpha value is -3.22. The third kappa shape index (κ3) is 5.64. The highest BCUT2D eigenvalue weighted by atomic mass is 16.6. The molecule has 0 atom stereocenters. The molecule has 0 saturated heterocycles. The van der Waals surface area contributed by atoms with Crippen molar-refractivity contribution in [2.24, 2.45) is 0 Å². The van der Waals surface area contributed by atoms with Crippen LogP contribution in [0, 0.1) is 17.0 Å². The van der Waals surface area contributed by atoms with Crippen LogP contribution in [0.2, 0.25) is 0 Å². The number of carbonyl (C=O) groups is 2. The highest BCUT2D eigenvalue weighted by molar-refractivity contribution is 6.05. The SMILES string of the molecule is CCCCCOC(=O)c1ccc(NC(=O)c2ccc(C)c([N+](=O)[O-])c2)cc1. The number of amides is 1. The van der Waals surface area contributed by atoms with E-state index in [-0.39, 0.29) is 11.3 Å². The Morgan fingerprint density at radius 3 is 2.37 bits per heavy atom. The Morgan fingerprint density at radius 1 is 1.07 bits per heavy atom. The molecule has 0 spiro atoms. The van der Waals surface area contributed by atoms with Crippen molar-refractivity contribution in [3.63, 3.8) is 0 Å². The highest BCUT2D eigenvalue weighted by Gasteiger charge is 2.15. The molecule has 2 aromatic rings. The fourth-order valence-corrected chi connectivity index (χ4v) is 2.44. The second kappa shape index (κ2) is 9.47. The van der Waals surface area contributed by atoms with Gasteiger partial charge in [-0.3, -0.25) is 14.9 Å². The third-order valence-corrected chi connectivity index (χ3v) is 4.03. The predicted molar refractivity (Wildman–Crippen MR) is 102 cm³/mol. The second-order valence-corrected chi connectivity index (χ2v) is 6.13. The standard InChI is InChI=1S/C20H22N2O5/c1-3-4-5-12-27-20(24)15-8-10-17(11-9-15)21-19(23)16-7-6-14(2)18(13-16)22(25)26/h6-11,13H,3-5,12H2,1-2H3,(H,21,23). The van der Waals surface area contributed by atoms with Crippen LogP contribution in [-0.4, -0.2) is 23.4 Å². The molecule has 1 N–H and O–H groups in total. The van der Waals surface area contributed by atoms with Gasteiger partial charge in [-0.15, -0.1) is 0 Å². The Labute approximate surface area is 157 Å². The van der Waals surface area contributed by atoms with Gasteiger partial charge in [0.15, 0.2) is 0 Å². The van der Waals surface area contributed by atoms with Crippen molar-refractivity contribution in [2.45, 2.75) is 33.1 Å². The van der Waals surface area contributed by atoms with E-state index in [1.165, 1.54) is 18.2 Å². The smallest absolute Gasteiger partial charge is 0.338 e. The van der Waals surface area contributed by atoms with Gasteiger partial charge < -0.3 is 10.1 Å². The van der Waals surface area contributed by atoms with Gasteiger partial charge in [-0.2, -0.15) is 0 Å². The summed E-state index contributed by atoms with van der Waals surface area (Å²) in [7, 11) is 0. The Morgan fingerprint density at radius 2 is 1.74 bits per heavy atom. The number of rotatable bonds is 8.